The Morgan fingerprint density at radius 1 is 1.43 bits per heavy atom. The molecule has 1 aromatic heterocycles. The van der Waals surface area contributed by atoms with E-state index in [0.29, 0.717) is 11.9 Å². The fourth-order valence-corrected chi connectivity index (χ4v) is 1.69. The number of ether oxygens (including phenoxy) is 1. The molecule has 5 nitrogen and oxygen atoms in total. The zero-order chi connectivity index (χ0) is 15.6. The van der Waals surface area contributed by atoms with Crippen molar-refractivity contribution in [2.24, 2.45) is 7.05 Å². The summed E-state index contributed by atoms with van der Waals surface area (Å²) in [6.07, 6.45) is -1.57. The van der Waals surface area contributed by atoms with Crippen molar-refractivity contribution in [3.8, 4) is 5.75 Å². The van der Waals surface area contributed by atoms with E-state index in [9.17, 15) is 18.0 Å². The molecular formula is C13H11F3N2O3. The van der Waals surface area contributed by atoms with Gasteiger partial charge in [-0.25, -0.2) is 9.78 Å². The van der Waals surface area contributed by atoms with Crippen LogP contribution in [0.3, 0.4) is 0 Å². The number of aromatic nitrogens is 2. The first-order chi connectivity index (χ1) is 9.79. The number of imidazole rings is 1. The van der Waals surface area contributed by atoms with Gasteiger partial charge in [-0.15, -0.1) is 0 Å². The summed E-state index contributed by atoms with van der Waals surface area (Å²) in [5.74, 6) is -1.42. The van der Waals surface area contributed by atoms with Gasteiger partial charge in [0.1, 0.15) is 18.2 Å². The van der Waals surface area contributed by atoms with Gasteiger partial charge in [0, 0.05) is 19.4 Å². The van der Waals surface area contributed by atoms with Crippen LogP contribution in [0.1, 0.15) is 21.7 Å². The predicted molar refractivity (Wildman–Crippen MR) is 65.9 cm³/mol. The second-order valence-electron chi connectivity index (χ2n) is 4.26. The van der Waals surface area contributed by atoms with Crippen molar-refractivity contribution in [1.82, 2.24) is 9.55 Å². The van der Waals surface area contributed by atoms with Crippen molar-refractivity contribution in [3.63, 3.8) is 0 Å². The highest BCUT2D eigenvalue weighted by molar-refractivity contribution is 5.88. The first kappa shape index (κ1) is 14.9. The molecule has 8 heteroatoms. The molecule has 0 fully saturated rings. The van der Waals surface area contributed by atoms with E-state index < -0.39 is 29.0 Å². The number of hydrogen-bond donors (Lipinski definition) is 1. The van der Waals surface area contributed by atoms with Gasteiger partial charge < -0.3 is 14.4 Å². The van der Waals surface area contributed by atoms with Gasteiger partial charge in [-0.05, 0) is 18.2 Å². The van der Waals surface area contributed by atoms with E-state index in [1.165, 1.54) is 6.20 Å². The highest BCUT2D eigenvalue weighted by Gasteiger charge is 2.35. The molecule has 0 atom stereocenters. The van der Waals surface area contributed by atoms with Crippen molar-refractivity contribution in [3.05, 3.63) is 47.5 Å². The van der Waals surface area contributed by atoms with Gasteiger partial charge >= 0.3 is 12.1 Å². The SMILES string of the molecule is Cn1ccnc1COc1ccc(C(=O)O)cc1C(F)(F)F. The molecule has 2 rings (SSSR count). The first-order valence-corrected chi connectivity index (χ1v) is 5.82. The molecule has 21 heavy (non-hydrogen) atoms. The Morgan fingerprint density at radius 3 is 2.67 bits per heavy atom. The Labute approximate surface area is 117 Å². The van der Waals surface area contributed by atoms with Gasteiger partial charge in [-0.1, -0.05) is 0 Å². The molecule has 1 heterocycles. The van der Waals surface area contributed by atoms with Gasteiger partial charge in [0.25, 0.3) is 0 Å². The van der Waals surface area contributed by atoms with Crippen LogP contribution in [0.4, 0.5) is 13.2 Å². The Kier molecular flexibility index (Phi) is 3.88. The number of carboxylic acids is 1. The highest BCUT2D eigenvalue weighted by atomic mass is 19.4. The second-order valence-corrected chi connectivity index (χ2v) is 4.26. The van der Waals surface area contributed by atoms with Crippen LogP contribution in [0.2, 0.25) is 0 Å². The van der Waals surface area contributed by atoms with Crippen LogP contribution in [0.25, 0.3) is 0 Å². The van der Waals surface area contributed by atoms with Crippen molar-refractivity contribution in [2.75, 3.05) is 0 Å². The molecule has 0 saturated carbocycles. The molecule has 0 amide bonds. The van der Waals surface area contributed by atoms with Gasteiger partial charge in [-0.2, -0.15) is 13.2 Å². The lowest BCUT2D eigenvalue weighted by Crippen LogP contribution is -2.12. The van der Waals surface area contributed by atoms with Crippen LogP contribution in [0.15, 0.2) is 30.6 Å². The van der Waals surface area contributed by atoms with Crippen molar-refractivity contribution in [1.29, 1.82) is 0 Å². The number of nitrogens with zero attached hydrogens (tertiary/aromatic N) is 2. The lowest BCUT2D eigenvalue weighted by atomic mass is 10.1. The van der Waals surface area contributed by atoms with E-state index in [-0.39, 0.29) is 6.61 Å². The quantitative estimate of drug-likeness (QED) is 0.943. The molecule has 0 aliphatic heterocycles. The van der Waals surface area contributed by atoms with Gasteiger partial charge in [0.05, 0.1) is 11.1 Å². The minimum Gasteiger partial charge on any atom is -0.485 e. The molecule has 0 aliphatic carbocycles. The topological polar surface area (TPSA) is 64.4 Å². The number of rotatable bonds is 4. The molecule has 0 saturated heterocycles. The van der Waals surface area contributed by atoms with Crippen LogP contribution in [0.5, 0.6) is 5.75 Å². The molecule has 0 aliphatic rings. The number of halogens is 3. The smallest absolute Gasteiger partial charge is 0.419 e. The van der Waals surface area contributed by atoms with Crippen LogP contribution in [0, 0.1) is 0 Å². The van der Waals surface area contributed by atoms with Crippen molar-refractivity contribution in [2.45, 2.75) is 12.8 Å². The highest BCUT2D eigenvalue weighted by Crippen LogP contribution is 2.37. The number of alkyl halides is 3. The van der Waals surface area contributed by atoms with E-state index in [1.54, 1.807) is 17.8 Å². The third-order valence-electron chi connectivity index (χ3n) is 2.81. The number of carbonyl (C=O) groups is 1. The van der Waals surface area contributed by atoms with E-state index >= 15 is 0 Å². The monoisotopic (exact) mass is 300 g/mol. The average molecular weight is 300 g/mol. The summed E-state index contributed by atoms with van der Waals surface area (Å²) in [5.41, 5.74) is -1.58. The molecule has 112 valence electrons. The molecule has 0 unspecified atom stereocenters. The summed E-state index contributed by atoms with van der Waals surface area (Å²) in [5, 5.41) is 8.76. The Morgan fingerprint density at radius 2 is 2.14 bits per heavy atom. The van der Waals surface area contributed by atoms with E-state index in [2.05, 4.69) is 4.98 Å². The van der Waals surface area contributed by atoms with Crippen LogP contribution >= 0.6 is 0 Å². The maximum Gasteiger partial charge on any atom is 0.419 e. The maximum absolute atomic E-state index is 12.9. The third kappa shape index (κ3) is 3.33. The third-order valence-corrected chi connectivity index (χ3v) is 2.81. The fourth-order valence-electron chi connectivity index (χ4n) is 1.69. The van der Waals surface area contributed by atoms with Gasteiger partial charge in [0.2, 0.25) is 0 Å². The Hall–Kier alpha value is -2.51. The zero-order valence-corrected chi connectivity index (χ0v) is 10.9. The maximum atomic E-state index is 12.9. The minimum absolute atomic E-state index is 0.154. The largest absolute Gasteiger partial charge is 0.485 e. The van der Waals surface area contributed by atoms with Crippen LogP contribution in [-0.2, 0) is 19.8 Å². The molecule has 1 N–H and O–H groups in total. The number of carboxylic acid groups (broad SMARTS) is 1. The van der Waals surface area contributed by atoms with E-state index in [0.717, 1.165) is 12.1 Å². The van der Waals surface area contributed by atoms with E-state index in [1.807, 2.05) is 0 Å². The fraction of sp³-hybridized carbons (Fsp3) is 0.231. The summed E-state index contributed by atoms with van der Waals surface area (Å²) in [4.78, 5) is 14.7. The lowest BCUT2D eigenvalue weighted by Gasteiger charge is -2.14. The Balaban J connectivity index is 2.30. The summed E-state index contributed by atoms with van der Waals surface area (Å²) < 4.78 is 45.6. The molecule has 1 aromatic carbocycles. The normalized spacial score (nSPS) is 11.4. The summed E-state index contributed by atoms with van der Waals surface area (Å²) in [7, 11) is 1.68. The van der Waals surface area contributed by atoms with Crippen LogP contribution in [-0.4, -0.2) is 20.6 Å². The number of benzene rings is 1. The number of aromatic carboxylic acids is 1. The van der Waals surface area contributed by atoms with Gasteiger partial charge in [0.15, 0.2) is 0 Å². The summed E-state index contributed by atoms with van der Waals surface area (Å²) in [6, 6.07) is 2.61. The lowest BCUT2D eigenvalue weighted by molar-refractivity contribution is -0.139. The molecular weight excluding hydrogens is 289 g/mol. The van der Waals surface area contributed by atoms with Crippen LogP contribution < -0.4 is 4.74 Å². The molecule has 0 bridgehead atoms. The van der Waals surface area contributed by atoms with Crippen molar-refractivity contribution < 1.29 is 27.8 Å². The summed E-state index contributed by atoms with van der Waals surface area (Å²) >= 11 is 0. The number of aryl methyl sites for hydroxylation is 1. The first-order valence-electron chi connectivity index (χ1n) is 5.82. The summed E-state index contributed by atoms with van der Waals surface area (Å²) in [6.45, 7) is -0.154. The zero-order valence-electron chi connectivity index (χ0n) is 10.9. The van der Waals surface area contributed by atoms with Gasteiger partial charge in [-0.3, -0.25) is 0 Å². The average Bonchev–Trinajstić information content (AvgIpc) is 2.80. The van der Waals surface area contributed by atoms with Crippen molar-refractivity contribution >= 4 is 5.97 Å². The predicted octanol–water partition coefficient (Wildman–Crippen LogP) is 2.72. The Bertz CT molecular complexity index is 665. The second kappa shape index (κ2) is 5.47. The molecule has 2 aromatic rings. The number of hydrogen-bond acceptors (Lipinski definition) is 3. The van der Waals surface area contributed by atoms with E-state index in [4.69, 9.17) is 9.84 Å². The molecule has 0 spiro atoms. The molecule has 0 radical (unpaired) electrons. The standard InChI is InChI=1S/C13H11F3N2O3/c1-18-5-4-17-11(18)7-21-10-3-2-8(12(19)20)6-9(10)13(14,15)16/h2-6H,7H2,1H3,(H,19,20). The minimum atomic E-state index is -4.71.